The van der Waals surface area contributed by atoms with Gasteiger partial charge in [-0.15, -0.1) is 0 Å². The fourth-order valence-corrected chi connectivity index (χ4v) is 24.7. The van der Waals surface area contributed by atoms with Crippen LogP contribution in [0.5, 0.6) is 0 Å². The molecule has 0 aromatic heterocycles. The molecule has 3 aliphatic rings. The average molecular weight is 1620 g/mol. The van der Waals surface area contributed by atoms with Gasteiger partial charge in [0.25, 0.3) is 0 Å². The van der Waals surface area contributed by atoms with Gasteiger partial charge in [0.2, 0.25) is 0 Å². The lowest BCUT2D eigenvalue weighted by molar-refractivity contribution is 0.111. The van der Waals surface area contributed by atoms with Crippen LogP contribution in [-0.2, 0) is 41.9 Å². The summed E-state index contributed by atoms with van der Waals surface area (Å²) in [5, 5.41) is 16.6. The van der Waals surface area contributed by atoms with Crippen LogP contribution in [0, 0.1) is 0 Å². The molecule has 0 unspecified atom stereocenters. The highest BCUT2D eigenvalue weighted by Crippen LogP contribution is 2.64. The van der Waals surface area contributed by atoms with Crippen molar-refractivity contribution in [1.82, 2.24) is 0 Å². The molecule has 2 nitrogen and oxygen atoms in total. The second-order valence-corrected chi connectivity index (χ2v) is 37.5. The quantitative estimate of drug-likeness (QED) is 0.0218. The van der Waals surface area contributed by atoms with Gasteiger partial charge in [-0.3, -0.25) is 9.59 Å². The van der Waals surface area contributed by atoms with E-state index >= 15 is 0 Å². The number of rotatable bonds is 40. The van der Waals surface area contributed by atoms with E-state index in [9.17, 15) is 9.59 Å². The van der Waals surface area contributed by atoms with Gasteiger partial charge in [0.05, 0.1) is 0 Å². The van der Waals surface area contributed by atoms with E-state index in [1.165, 1.54) is 314 Å². The number of carbonyl (C=O) groups excluding carboxylic acids is 2. The van der Waals surface area contributed by atoms with Crippen LogP contribution in [0.4, 0.5) is 0 Å². The number of hydrogen-bond donors (Lipinski definition) is 0. The van der Waals surface area contributed by atoms with E-state index in [2.05, 4.69) is 275 Å². The number of carbonyl (C=O) groups is 2. The molecule has 3 aliphatic carbocycles. The third kappa shape index (κ3) is 14.9. The van der Waals surface area contributed by atoms with Crippen LogP contribution >= 0.6 is 0 Å². The second kappa shape index (κ2) is 37.4. The van der Waals surface area contributed by atoms with Crippen LogP contribution in [-0.4, -0.2) is 12.6 Å². The average Bonchev–Trinajstić information content (AvgIpc) is 1.42. The molecule has 0 amide bonds. The molecule has 0 saturated carbocycles. The van der Waals surface area contributed by atoms with Crippen LogP contribution in [0.1, 0.15) is 338 Å². The fraction of sp³-hybridized carbons (Fsp3) is 0.388. The van der Waals surface area contributed by atoms with E-state index in [1.807, 2.05) is 0 Å². The van der Waals surface area contributed by atoms with E-state index in [4.69, 9.17) is 0 Å². The second-order valence-electron chi connectivity index (χ2n) is 37.5. The van der Waals surface area contributed by atoms with Crippen molar-refractivity contribution in [3.63, 3.8) is 0 Å². The van der Waals surface area contributed by atoms with Crippen molar-refractivity contribution >= 4 is 77.2 Å². The predicted octanol–water partition coefficient (Wildman–Crippen LogP) is 35.8. The zero-order valence-electron chi connectivity index (χ0n) is 76.1. The molecule has 0 radical (unpaired) electrons. The van der Waals surface area contributed by atoms with Gasteiger partial charge in [-0.05, 0) is 323 Å². The lowest BCUT2D eigenvalue weighted by Crippen LogP contribution is -2.26. The van der Waals surface area contributed by atoms with E-state index < -0.39 is 0 Å². The number of aldehydes is 2. The topological polar surface area (TPSA) is 34.1 Å². The summed E-state index contributed by atoms with van der Waals surface area (Å²) in [6, 6.07) is 82.2. The number of aryl methyl sites for hydroxylation is 4. The molecule has 123 heavy (non-hydrogen) atoms. The maximum Gasteiger partial charge on any atom is 0.150 e. The molecular formula is C121H134O2. The van der Waals surface area contributed by atoms with Crippen molar-refractivity contribution in [3.8, 4) is 77.9 Å². The minimum Gasteiger partial charge on any atom is -0.298 e. The summed E-state index contributed by atoms with van der Waals surface area (Å²) in [4.78, 5) is 26.8. The highest BCUT2D eigenvalue weighted by Gasteiger charge is 2.48. The lowest BCUT2D eigenvalue weighted by atomic mass is 9.68. The Hall–Kier alpha value is -10.0. The van der Waals surface area contributed by atoms with Gasteiger partial charge in [-0.2, -0.15) is 0 Å². The highest BCUT2D eigenvalue weighted by molar-refractivity contribution is 6.33. The van der Waals surface area contributed by atoms with Crippen molar-refractivity contribution in [2.75, 3.05) is 0 Å². The SMILES string of the molecule is CCCCCCC1(CCCCCC)c2cc(C=O)ccc2-c2cc3c4cc5c(cc4c4c(CC)c(-c6ccccc6)c(-c6ccccc6)c(CC)c4c3cc21)C(CCCCCC)(CCCCCC)c1cc2c(cc1-5)c1cc3c(cc1c1c(CC)c(-c4ccccc4)c(-c4ccccc4)c(CC)c21)C(CCCCCC)(CCCCCC)c1cc(C=O)ccc1-3. The molecule has 0 atom stereocenters. The minimum atomic E-state index is -0.319. The number of hydrogen-bond acceptors (Lipinski definition) is 2. The van der Waals surface area contributed by atoms with E-state index in [1.54, 1.807) is 0 Å². The molecule has 0 bridgehead atoms. The van der Waals surface area contributed by atoms with Crippen molar-refractivity contribution in [3.05, 3.63) is 273 Å². The standard InChI is InChI=1S/C121H134O2/c1-11-21-27-45-63-119(64-46-28-22-12-2)105-69-81(79-122)59-61-91(105)97-71-93-95-73-99-100-74-96-94-72-98-92-62-60-82(80-123)70-106(92)120(65-47-29-23-13-3,66-48-30-24-14-4)108(98)76-102(94)116-88(18-8)112(84-53-39-34-40-54-84)114(86-57-43-36-44-58-86)90(20-10)118(116)104(96)78-110(100)121(67-49-31-25-15-5,68-50-32-26-16-6)109(99)77-103(95)117-89(19-9)113(85-55-41-35-42-56-85)111(83-51-37-33-38-52-83)87(17-7)115(117)101(93)75-107(97)119/h33-44,51-62,69-80H,11-32,45-50,63-68H2,1-10H3. The maximum absolute atomic E-state index is 13.4. The first-order valence-electron chi connectivity index (χ1n) is 49.1. The molecule has 0 spiro atoms. The molecule has 14 aromatic rings. The first-order chi connectivity index (χ1) is 60.5. The highest BCUT2D eigenvalue weighted by atomic mass is 16.1. The van der Waals surface area contributed by atoms with Crippen LogP contribution in [0.3, 0.4) is 0 Å². The Morgan fingerprint density at radius 1 is 0.211 bits per heavy atom. The Kier molecular flexibility index (Phi) is 25.9. The first kappa shape index (κ1) is 85.2. The smallest absolute Gasteiger partial charge is 0.150 e. The monoisotopic (exact) mass is 1620 g/mol. The Labute approximate surface area is 736 Å². The molecule has 17 rings (SSSR count). The zero-order valence-corrected chi connectivity index (χ0v) is 76.1. The molecule has 630 valence electrons. The summed E-state index contributed by atoms with van der Waals surface area (Å²) in [6.45, 7) is 24.0. The van der Waals surface area contributed by atoms with E-state index in [-0.39, 0.29) is 16.2 Å². The molecule has 14 aromatic carbocycles. The van der Waals surface area contributed by atoms with E-state index in [0.717, 1.165) is 126 Å². The summed E-state index contributed by atoms with van der Waals surface area (Å²) >= 11 is 0. The van der Waals surface area contributed by atoms with Crippen molar-refractivity contribution in [2.24, 2.45) is 0 Å². The molecule has 0 saturated heterocycles. The van der Waals surface area contributed by atoms with Gasteiger partial charge < -0.3 is 0 Å². The number of benzene rings is 14. The Balaban J connectivity index is 1.08. The largest absolute Gasteiger partial charge is 0.298 e. The van der Waals surface area contributed by atoms with Crippen LogP contribution in [0.2, 0.25) is 0 Å². The van der Waals surface area contributed by atoms with Crippen molar-refractivity contribution in [1.29, 1.82) is 0 Å². The van der Waals surface area contributed by atoms with Gasteiger partial charge in [0, 0.05) is 27.4 Å². The zero-order chi connectivity index (χ0) is 84.9. The molecule has 0 fully saturated rings. The Morgan fingerprint density at radius 3 is 0.626 bits per heavy atom. The van der Waals surface area contributed by atoms with E-state index in [0.29, 0.717) is 0 Å². The molecule has 0 aliphatic heterocycles. The van der Waals surface area contributed by atoms with Gasteiger partial charge in [-0.1, -0.05) is 369 Å². The van der Waals surface area contributed by atoms with Gasteiger partial charge >= 0.3 is 0 Å². The Bertz CT molecular complexity index is 5820. The van der Waals surface area contributed by atoms with Gasteiger partial charge in [0.1, 0.15) is 12.6 Å². The molecule has 2 heteroatoms. The summed E-state index contributed by atoms with van der Waals surface area (Å²) in [5.74, 6) is 0. The normalized spacial score (nSPS) is 13.8. The summed E-state index contributed by atoms with van der Waals surface area (Å²) < 4.78 is 0. The summed E-state index contributed by atoms with van der Waals surface area (Å²) in [7, 11) is 0. The minimum absolute atomic E-state index is 0.265. The maximum atomic E-state index is 13.4. The number of unbranched alkanes of at least 4 members (excludes halogenated alkanes) is 18. The Morgan fingerprint density at radius 2 is 0.423 bits per heavy atom. The van der Waals surface area contributed by atoms with Gasteiger partial charge in [0.15, 0.2) is 0 Å². The molecular weight excluding hydrogens is 1490 g/mol. The summed E-state index contributed by atoms with van der Waals surface area (Å²) in [6.07, 6.45) is 40.6. The van der Waals surface area contributed by atoms with Crippen LogP contribution in [0.15, 0.2) is 206 Å². The predicted molar refractivity (Wildman–Crippen MR) is 533 cm³/mol. The molecule has 0 heterocycles. The first-order valence-corrected chi connectivity index (χ1v) is 49.1. The third-order valence-electron chi connectivity index (χ3n) is 30.4. The van der Waals surface area contributed by atoms with Crippen LogP contribution in [0.25, 0.3) is 143 Å². The summed E-state index contributed by atoms with van der Waals surface area (Å²) in [5.41, 5.74) is 33.9. The third-order valence-corrected chi connectivity index (χ3v) is 30.4. The van der Waals surface area contributed by atoms with Crippen molar-refractivity contribution < 1.29 is 9.59 Å². The van der Waals surface area contributed by atoms with Gasteiger partial charge in [-0.25, -0.2) is 0 Å². The molecule has 0 N–H and O–H groups in total. The fourth-order valence-electron chi connectivity index (χ4n) is 24.7. The number of fused-ring (bicyclic) bond motifs is 21. The lowest BCUT2D eigenvalue weighted by Gasteiger charge is -2.34. The van der Waals surface area contributed by atoms with Crippen LogP contribution < -0.4 is 0 Å². The van der Waals surface area contributed by atoms with Crippen molar-refractivity contribution in [2.45, 2.75) is 304 Å².